The van der Waals surface area contributed by atoms with E-state index in [-0.39, 0.29) is 5.78 Å². The zero-order valence-corrected chi connectivity index (χ0v) is 17.4. The highest BCUT2D eigenvalue weighted by atomic mass is 32.1. The van der Waals surface area contributed by atoms with Crippen LogP contribution in [0.1, 0.15) is 75.6 Å². The summed E-state index contributed by atoms with van der Waals surface area (Å²) in [6.45, 7) is 3.88. The van der Waals surface area contributed by atoms with Crippen LogP contribution in [0, 0.1) is 23.2 Å². The Morgan fingerprint density at radius 3 is 2.15 bits per heavy atom. The van der Waals surface area contributed by atoms with Crippen molar-refractivity contribution in [3.05, 3.63) is 29.8 Å². The van der Waals surface area contributed by atoms with Crippen LogP contribution in [0.15, 0.2) is 24.3 Å². The molecule has 0 radical (unpaired) electrons. The average molecular weight is 385 g/mol. The topological polar surface area (TPSA) is 41.1 Å². The number of carbonyl (C=O) groups is 1. The van der Waals surface area contributed by atoms with Gasteiger partial charge in [-0.3, -0.25) is 4.79 Å². The van der Waals surface area contributed by atoms with Gasteiger partial charge in [-0.15, -0.1) is 0 Å². The van der Waals surface area contributed by atoms with Crippen LogP contribution in [-0.2, 0) is 0 Å². The van der Waals surface area contributed by atoms with Gasteiger partial charge in [0.05, 0.1) is 0 Å². The predicted octanol–water partition coefficient (Wildman–Crippen LogP) is 5.56. The zero-order valence-electron chi connectivity index (χ0n) is 16.6. The van der Waals surface area contributed by atoms with Gasteiger partial charge in [-0.25, -0.2) is 0 Å². The number of thiocarbonyl (C=S) groups is 1. The van der Waals surface area contributed by atoms with Crippen LogP contribution in [0.25, 0.3) is 0 Å². The number of rotatable bonds is 6. The third-order valence-corrected chi connectivity index (χ3v) is 7.48. The van der Waals surface area contributed by atoms with E-state index in [1.165, 1.54) is 51.4 Å². The number of benzene rings is 1. The van der Waals surface area contributed by atoms with Gasteiger partial charge in [0.15, 0.2) is 10.9 Å². The highest BCUT2D eigenvalue weighted by Crippen LogP contribution is 2.61. The number of Topliss-reactive ketones (excluding diaryl/α,β-unsaturated/α-hetero) is 1. The number of hydrogen-bond acceptors (Lipinski definition) is 2. The highest BCUT2D eigenvalue weighted by molar-refractivity contribution is 7.80. The zero-order chi connectivity index (χ0) is 19.0. The standard InChI is InChI=1S/C23H32N2OS/c1-3-4-21(23-12-16-9-17(13-23)11-18(10-16)14-23)25-22(27)24-20-7-5-19(6-8-20)15(2)26/h5-8,16-18,21H,3-4,9-14H2,1-2H3,(H2,24,25,27). The van der Waals surface area contributed by atoms with Gasteiger partial charge in [-0.05, 0) is 112 Å². The molecule has 1 atom stereocenters. The van der Waals surface area contributed by atoms with Gasteiger partial charge in [0.25, 0.3) is 0 Å². The van der Waals surface area contributed by atoms with Gasteiger partial charge in [0.1, 0.15) is 0 Å². The molecule has 4 aliphatic carbocycles. The molecule has 4 bridgehead atoms. The summed E-state index contributed by atoms with van der Waals surface area (Å²) in [5, 5.41) is 7.77. The van der Waals surface area contributed by atoms with Crippen molar-refractivity contribution in [1.82, 2.24) is 5.32 Å². The second kappa shape index (κ2) is 7.54. The molecule has 0 amide bonds. The smallest absolute Gasteiger partial charge is 0.171 e. The first-order chi connectivity index (χ1) is 13.0. The van der Waals surface area contributed by atoms with Gasteiger partial charge in [-0.2, -0.15) is 0 Å². The van der Waals surface area contributed by atoms with E-state index in [1.54, 1.807) is 6.92 Å². The minimum absolute atomic E-state index is 0.0899. The largest absolute Gasteiger partial charge is 0.359 e. The Morgan fingerprint density at radius 1 is 1.11 bits per heavy atom. The fourth-order valence-corrected chi connectivity index (χ4v) is 6.80. The number of carbonyl (C=O) groups excluding carboxylic acids is 1. The van der Waals surface area contributed by atoms with Crippen LogP contribution in [-0.4, -0.2) is 16.9 Å². The highest BCUT2D eigenvalue weighted by Gasteiger charge is 2.54. The lowest BCUT2D eigenvalue weighted by molar-refractivity contribution is -0.0718. The van der Waals surface area contributed by atoms with Crippen LogP contribution >= 0.6 is 12.2 Å². The Morgan fingerprint density at radius 2 is 1.67 bits per heavy atom. The molecule has 4 aliphatic rings. The molecule has 0 heterocycles. The maximum atomic E-state index is 11.4. The van der Waals surface area contributed by atoms with Gasteiger partial charge in [0.2, 0.25) is 0 Å². The summed E-state index contributed by atoms with van der Waals surface area (Å²) in [5.41, 5.74) is 2.13. The SMILES string of the molecule is CCCC(NC(=S)Nc1ccc(C(C)=O)cc1)C12CC3CC(CC(C3)C1)C2. The summed E-state index contributed by atoms with van der Waals surface area (Å²) in [5.74, 6) is 2.96. The fourth-order valence-electron chi connectivity index (χ4n) is 6.54. The van der Waals surface area contributed by atoms with Crippen molar-refractivity contribution >= 4 is 28.8 Å². The first-order valence-electron chi connectivity index (χ1n) is 10.7. The van der Waals surface area contributed by atoms with Gasteiger partial charge in [0, 0.05) is 17.3 Å². The molecule has 27 heavy (non-hydrogen) atoms. The predicted molar refractivity (Wildman–Crippen MR) is 115 cm³/mol. The van der Waals surface area contributed by atoms with E-state index >= 15 is 0 Å². The quantitative estimate of drug-likeness (QED) is 0.497. The molecule has 146 valence electrons. The fraction of sp³-hybridized carbons (Fsp3) is 0.652. The second-order valence-corrected chi connectivity index (χ2v) is 9.76. The monoisotopic (exact) mass is 384 g/mol. The summed E-state index contributed by atoms with van der Waals surface area (Å²) in [6.07, 6.45) is 11.0. The summed E-state index contributed by atoms with van der Waals surface area (Å²) in [6, 6.07) is 8.06. The number of anilines is 1. The third kappa shape index (κ3) is 3.91. The minimum atomic E-state index is 0.0899. The molecule has 1 aromatic carbocycles. The van der Waals surface area contributed by atoms with E-state index in [4.69, 9.17) is 12.2 Å². The summed E-state index contributed by atoms with van der Waals surface area (Å²) < 4.78 is 0. The van der Waals surface area contributed by atoms with Crippen LogP contribution in [0.3, 0.4) is 0 Å². The molecule has 5 rings (SSSR count). The molecule has 2 N–H and O–H groups in total. The van der Waals surface area contributed by atoms with Gasteiger partial charge >= 0.3 is 0 Å². The molecule has 4 heteroatoms. The third-order valence-electron chi connectivity index (χ3n) is 7.26. The Labute approximate surface area is 168 Å². The molecule has 1 unspecified atom stereocenters. The lowest BCUT2D eigenvalue weighted by Crippen LogP contribution is -2.57. The number of hydrogen-bond donors (Lipinski definition) is 2. The van der Waals surface area contributed by atoms with E-state index in [0.29, 0.717) is 11.5 Å². The van der Waals surface area contributed by atoms with Crippen molar-refractivity contribution in [2.45, 2.75) is 71.3 Å². The Kier molecular flexibility index (Phi) is 5.28. The maximum Gasteiger partial charge on any atom is 0.171 e. The lowest BCUT2D eigenvalue weighted by Gasteiger charge is -2.59. The van der Waals surface area contributed by atoms with E-state index in [1.807, 2.05) is 24.3 Å². The molecule has 4 fully saturated rings. The van der Waals surface area contributed by atoms with Crippen molar-refractivity contribution in [2.24, 2.45) is 23.2 Å². The second-order valence-electron chi connectivity index (χ2n) is 9.35. The molecule has 3 nitrogen and oxygen atoms in total. The van der Waals surface area contributed by atoms with Crippen molar-refractivity contribution < 1.29 is 4.79 Å². The maximum absolute atomic E-state index is 11.4. The Balaban J connectivity index is 1.44. The lowest BCUT2D eigenvalue weighted by atomic mass is 9.47. The number of nitrogens with one attached hydrogen (secondary N) is 2. The van der Waals surface area contributed by atoms with Crippen molar-refractivity contribution in [3.8, 4) is 0 Å². The average Bonchev–Trinajstić information content (AvgIpc) is 2.60. The summed E-state index contributed by atoms with van der Waals surface area (Å²) in [7, 11) is 0. The van der Waals surface area contributed by atoms with E-state index in [9.17, 15) is 4.79 Å². The minimum Gasteiger partial charge on any atom is -0.359 e. The normalized spacial score (nSPS) is 32.1. The summed E-state index contributed by atoms with van der Waals surface area (Å²) in [4.78, 5) is 11.4. The van der Waals surface area contributed by atoms with E-state index in [0.717, 1.165) is 34.1 Å². The molecular formula is C23H32N2OS. The molecule has 4 saturated carbocycles. The van der Waals surface area contributed by atoms with Crippen LogP contribution in [0.4, 0.5) is 5.69 Å². The van der Waals surface area contributed by atoms with E-state index in [2.05, 4.69) is 17.6 Å². The van der Waals surface area contributed by atoms with Crippen molar-refractivity contribution in [1.29, 1.82) is 0 Å². The van der Waals surface area contributed by atoms with Crippen molar-refractivity contribution in [3.63, 3.8) is 0 Å². The molecule has 0 spiro atoms. The van der Waals surface area contributed by atoms with Crippen molar-refractivity contribution in [2.75, 3.05) is 5.32 Å². The Bertz CT molecular complexity index is 676. The van der Waals surface area contributed by atoms with Crippen LogP contribution in [0.5, 0.6) is 0 Å². The van der Waals surface area contributed by atoms with Crippen LogP contribution < -0.4 is 10.6 Å². The number of ketones is 1. The first kappa shape index (κ1) is 18.9. The molecule has 0 aliphatic heterocycles. The molecule has 1 aromatic rings. The summed E-state index contributed by atoms with van der Waals surface area (Å²) >= 11 is 5.68. The first-order valence-corrected chi connectivity index (χ1v) is 11.1. The van der Waals surface area contributed by atoms with Crippen LogP contribution in [0.2, 0.25) is 0 Å². The van der Waals surface area contributed by atoms with Gasteiger partial charge < -0.3 is 10.6 Å². The van der Waals surface area contributed by atoms with Gasteiger partial charge in [-0.1, -0.05) is 13.3 Å². The molecule has 0 saturated heterocycles. The molecule has 0 aromatic heterocycles. The van der Waals surface area contributed by atoms with E-state index < -0.39 is 0 Å². The Hall–Kier alpha value is -1.42. The molecular weight excluding hydrogens is 352 g/mol.